The molecular weight excluding hydrogens is 768 g/mol. The van der Waals surface area contributed by atoms with E-state index in [-0.39, 0.29) is 47.6 Å². The molecule has 1 aliphatic carbocycles. The Morgan fingerprint density at radius 3 is 2.32 bits per heavy atom. The molecule has 6 aliphatic rings. The van der Waals surface area contributed by atoms with E-state index in [4.69, 9.17) is 22.9 Å². The summed E-state index contributed by atoms with van der Waals surface area (Å²) < 4.78 is 6.48. The quantitative estimate of drug-likeness (QED) is 0.181. The van der Waals surface area contributed by atoms with E-state index in [1.807, 2.05) is 23.1 Å². The van der Waals surface area contributed by atoms with Gasteiger partial charge in [-0.1, -0.05) is 63.3 Å². The number of hydrogen-bond acceptors (Lipinski definition) is 8. The van der Waals surface area contributed by atoms with Crippen LogP contribution in [0.5, 0.6) is 5.75 Å². The summed E-state index contributed by atoms with van der Waals surface area (Å²) in [5.41, 5.74) is 3.65. The maximum atomic E-state index is 13.8. The van der Waals surface area contributed by atoms with Crippen molar-refractivity contribution in [2.75, 3.05) is 31.1 Å². The maximum absolute atomic E-state index is 13.8. The molecule has 9 rings (SSSR count). The maximum Gasteiger partial charge on any atom is 0.264 e. The van der Waals surface area contributed by atoms with Crippen LogP contribution >= 0.6 is 11.6 Å². The molecule has 5 amide bonds. The van der Waals surface area contributed by atoms with Crippen LogP contribution in [0.25, 0.3) is 4.85 Å². The van der Waals surface area contributed by atoms with Crippen LogP contribution in [-0.4, -0.2) is 94.6 Å². The average molecular weight is 813 g/mol. The summed E-state index contributed by atoms with van der Waals surface area (Å²) in [6.07, 6.45) is 1.92. The minimum atomic E-state index is -0.990. The third-order valence-electron chi connectivity index (χ3n) is 13.4. The van der Waals surface area contributed by atoms with Crippen molar-refractivity contribution >= 4 is 52.5 Å². The number of halogens is 1. The lowest BCUT2D eigenvalue weighted by atomic mass is 9.49. The smallest absolute Gasteiger partial charge is 0.264 e. The highest BCUT2D eigenvalue weighted by Gasteiger charge is 2.67. The Bertz CT molecular complexity index is 2430. The molecule has 302 valence electrons. The molecule has 0 spiro atoms. The molecule has 0 aromatic heterocycles. The molecule has 4 fully saturated rings. The molecular formula is C46H45ClN6O6. The second-order valence-corrected chi connectivity index (χ2v) is 18.3. The molecule has 1 saturated carbocycles. The third kappa shape index (κ3) is 6.36. The van der Waals surface area contributed by atoms with E-state index in [9.17, 15) is 24.0 Å². The Labute approximate surface area is 348 Å². The van der Waals surface area contributed by atoms with Crippen LogP contribution < -0.4 is 15.0 Å². The molecule has 1 atom stereocenters. The number of benzene rings is 3. The Hall–Kier alpha value is -5.69. The van der Waals surface area contributed by atoms with E-state index >= 15 is 0 Å². The fraction of sp³-hybridized carbons (Fsp3) is 0.435. The van der Waals surface area contributed by atoms with Gasteiger partial charge in [0.05, 0.1) is 28.4 Å². The normalized spacial score (nSPS) is 25.1. The highest BCUT2D eigenvalue weighted by atomic mass is 35.5. The lowest BCUT2D eigenvalue weighted by Gasteiger charge is -2.65. The Morgan fingerprint density at radius 2 is 1.63 bits per heavy atom. The number of carbonyl (C=O) groups is 5. The Kier molecular flexibility index (Phi) is 9.37. The number of nitrogens with zero attached hydrogens (tertiary/aromatic N) is 5. The summed E-state index contributed by atoms with van der Waals surface area (Å²) >= 11 is 6.30. The van der Waals surface area contributed by atoms with Gasteiger partial charge in [0.2, 0.25) is 17.5 Å². The number of piperidine rings is 2. The second kappa shape index (κ2) is 14.2. The van der Waals surface area contributed by atoms with Crippen LogP contribution in [0.3, 0.4) is 0 Å². The molecule has 0 radical (unpaired) electrons. The fourth-order valence-corrected chi connectivity index (χ4v) is 11.1. The summed E-state index contributed by atoms with van der Waals surface area (Å²) in [4.78, 5) is 76.0. The minimum Gasteiger partial charge on any atom is -0.489 e. The molecule has 3 saturated heterocycles. The van der Waals surface area contributed by atoms with Crippen LogP contribution in [0.1, 0.15) is 95.6 Å². The van der Waals surface area contributed by atoms with E-state index in [2.05, 4.69) is 65.6 Å². The van der Waals surface area contributed by atoms with Crippen LogP contribution in [-0.2, 0) is 16.1 Å². The fourth-order valence-electron chi connectivity index (χ4n) is 10.9. The molecule has 1 unspecified atom stereocenters. The first-order valence-electron chi connectivity index (χ1n) is 20.3. The first-order valence-corrected chi connectivity index (χ1v) is 20.7. The van der Waals surface area contributed by atoms with Crippen molar-refractivity contribution < 1.29 is 28.7 Å². The van der Waals surface area contributed by atoms with Crippen molar-refractivity contribution in [3.05, 3.63) is 98.9 Å². The molecule has 1 N–H and O–H groups in total. The molecule has 3 aromatic rings. The van der Waals surface area contributed by atoms with Gasteiger partial charge in [0.15, 0.2) is 0 Å². The number of hydrogen-bond donors (Lipinski definition) is 1. The summed E-state index contributed by atoms with van der Waals surface area (Å²) in [7, 11) is 0. The van der Waals surface area contributed by atoms with Gasteiger partial charge in [-0.25, -0.2) is 4.85 Å². The number of anilines is 1. The lowest BCUT2D eigenvalue weighted by molar-refractivity contribution is -0.199. The molecule has 5 heterocycles. The number of rotatable bonds is 6. The van der Waals surface area contributed by atoms with Gasteiger partial charge >= 0.3 is 0 Å². The van der Waals surface area contributed by atoms with E-state index in [0.717, 1.165) is 60.6 Å². The van der Waals surface area contributed by atoms with E-state index in [1.54, 1.807) is 30.3 Å². The highest BCUT2D eigenvalue weighted by molar-refractivity contribution is 6.33. The molecule has 12 nitrogen and oxygen atoms in total. The monoisotopic (exact) mass is 812 g/mol. The number of amides is 5. The average Bonchev–Trinajstić information content (AvgIpc) is 3.63. The zero-order valence-electron chi connectivity index (χ0n) is 33.5. The van der Waals surface area contributed by atoms with Crippen LogP contribution in [0.4, 0.5) is 11.4 Å². The van der Waals surface area contributed by atoms with E-state index in [0.29, 0.717) is 45.9 Å². The van der Waals surface area contributed by atoms with Crippen LogP contribution in [0, 0.1) is 35.2 Å². The number of ether oxygens (including phenoxy) is 1. The molecule has 59 heavy (non-hydrogen) atoms. The first kappa shape index (κ1) is 38.8. The standard InChI is InChI=1S/C46H45ClN6O6/c1-45(2)43(46(3,4)44(45)59-30-12-14-34(48-5)33(47)22-30)52-23-28-21-27(11-13-31(28)40(52)56)10-9-26-17-19-50(20-18-26)29-24-51(25-29)35-8-6-7-32-38(35)42(58)53(41(32)57)36-15-16-37(54)49-39(36)55/h6-8,11-14,21-22,26,29,36,43-44H,15-20,23-25H2,1-4H3,(H,49,54,55). The van der Waals surface area contributed by atoms with Crippen LogP contribution in [0.2, 0.25) is 5.02 Å². The van der Waals surface area contributed by atoms with Gasteiger partial charge in [-0.3, -0.25) is 39.1 Å². The van der Waals surface area contributed by atoms with E-state index in [1.165, 1.54) is 0 Å². The Balaban J connectivity index is 0.792. The van der Waals surface area contributed by atoms with Gasteiger partial charge in [0.1, 0.15) is 17.9 Å². The first-order chi connectivity index (χ1) is 28.2. The molecule has 3 aromatic carbocycles. The van der Waals surface area contributed by atoms with Gasteiger partial charge in [-0.2, -0.15) is 0 Å². The van der Waals surface area contributed by atoms with E-state index < -0.39 is 29.7 Å². The van der Waals surface area contributed by atoms with Crippen molar-refractivity contribution in [2.24, 2.45) is 16.7 Å². The summed E-state index contributed by atoms with van der Waals surface area (Å²) in [5, 5.41) is 2.61. The van der Waals surface area contributed by atoms with Crippen LogP contribution in [0.15, 0.2) is 54.6 Å². The van der Waals surface area contributed by atoms with Gasteiger partial charge < -0.3 is 14.5 Å². The molecule has 0 bridgehead atoms. The number of fused-ring (bicyclic) bond motifs is 2. The second-order valence-electron chi connectivity index (χ2n) is 17.9. The summed E-state index contributed by atoms with van der Waals surface area (Å²) in [6, 6.07) is 15.6. The molecule has 5 aliphatic heterocycles. The highest BCUT2D eigenvalue weighted by Crippen LogP contribution is 2.59. The molecule has 13 heteroatoms. The van der Waals surface area contributed by atoms with Crippen molar-refractivity contribution in [2.45, 2.75) is 84.2 Å². The van der Waals surface area contributed by atoms with Crippen molar-refractivity contribution in [3.8, 4) is 17.6 Å². The number of carbonyl (C=O) groups excluding carboxylic acids is 5. The zero-order chi connectivity index (χ0) is 41.5. The predicted octanol–water partition coefficient (Wildman–Crippen LogP) is 6.08. The SMILES string of the molecule is [C-]#[N+]c1ccc(OC2C(C)(C)C(N3Cc4cc(C#CC5CCN(C6CN(c7cccc8c7C(=O)N(C7CCC(=O)NC7=O)C8=O)C6)CC5)ccc4C3=O)C2(C)C)cc1Cl. The summed E-state index contributed by atoms with van der Waals surface area (Å²) in [5.74, 6) is 5.84. The van der Waals surface area contributed by atoms with Crippen molar-refractivity contribution in [1.29, 1.82) is 0 Å². The zero-order valence-corrected chi connectivity index (χ0v) is 34.3. The third-order valence-corrected chi connectivity index (χ3v) is 13.7. The van der Waals surface area contributed by atoms with Crippen molar-refractivity contribution in [1.82, 2.24) is 20.0 Å². The van der Waals surface area contributed by atoms with Crippen molar-refractivity contribution in [3.63, 3.8) is 0 Å². The van der Waals surface area contributed by atoms with Gasteiger partial charge in [0.25, 0.3) is 17.7 Å². The predicted molar refractivity (Wildman–Crippen MR) is 220 cm³/mol. The number of nitrogens with one attached hydrogen (secondary N) is 1. The topological polar surface area (TPSA) is 124 Å². The number of likely N-dealkylation sites (tertiary alicyclic amines) is 1. The largest absolute Gasteiger partial charge is 0.489 e. The van der Waals surface area contributed by atoms with Gasteiger partial charge in [0, 0.05) is 66.0 Å². The van der Waals surface area contributed by atoms with Gasteiger partial charge in [-0.05, 0) is 80.4 Å². The summed E-state index contributed by atoms with van der Waals surface area (Å²) in [6.45, 7) is 19.6. The van der Waals surface area contributed by atoms with Gasteiger partial charge in [-0.15, -0.1) is 0 Å². The lowest BCUT2D eigenvalue weighted by Crippen LogP contribution is -2.74. The Morgan fingerprint density at radius 1 is 0.881 bits per heavy atom. The number of imide groups is 2. The minimum absolute atomic E-state index is 0.0291.